The summed E-state index contributed by atoms with van der Waals surface area (Å²) in [5.74, 6) is 1.65. The summed E-state index contributed by atoms with van der Waals surface area (Å²) in [5, 5.41) is 16.9. The third-order valence-corrected chi connectivity index (χ3v) is 6.12. The minimum Gasteiger partial charge on any atom is -0.372 e. The molecule has 3 aromatic rings. The first-order valence-electron chi connectivity index (χ1n) is 10.2. The van der Waals surface area contributed by atoms with Gasteiger partial charge in [0.1, 0.15) is 0 Å². The van der Waals surface area contributed by atoms with Crippen LogP contribution in [0.15, 0.2) is 42.5 Å². The lowest BCUT2D eigenvalue weighted by Gasteiger charge is -2.40. The van der Waals surface area contributed by atoms with E-state index in [1.54, 1.807) is 0 Å². The van der Waals surface area contributed by atoms with Crippen molar-refractivity contribution in [2.75, 3.05) is 5.32 Å². The van der Waals surface area contributed by atoms with Crippen LogP contribution in [0.5, 0.6) is 0 Å². The van der Waals surface area contributed by atoms with Crippen LogP contribution in [0.2, 0.25) is 0 Å². The zero-order chi connectivity index (χ0) is 19.7. The third kappa shape index (κ3) is 3.41. The van der Waals surface area contributed by atoms with Gasteiger partial charge in [0.2, 0.25) is 0 Å². The van der Waals surface area contributed by atoms with Crippen LogP contribution < -0.4 is 5.32 Å². The molecule has 1 aromatic heterocycles. The molecule has 0 atom stereocenters. The molecular weight excluding hydrogens is 346 g/mol. The van der Waals surface area contributed by atoms with E-state index in [-0.39, 0.29) is 5.54 Å². The molecular formula is C23H29N5. The molecule has 0 amide bonds. The van der Waals surface area contributed by atoms with Crippen LogP contribution in [0, 0.1) is 26.7 Å². The van der Waals surface area contributed by atoms with Gasteiger partial charge in [0, 0.05) is 5.69 Å². The van der Waals surface area contributed by atoms with Crippen LogP contribution in [0.25, 0.3) is 5.69 Å². The third-order valence-electron chi connectivity index (χ3n) is 6.12. The highest BCUT2D eigenvalue weighted by atomic mass is 15.6. The maximum absolute atomic E-state index is 4.54. The number of tetrazole rings is 1. The first kappa shape index (κ1) is 18.7. The van der Waals surface area contributed by atoms with Gasteiger partial charge in [-0.1, -0.05) is 42.8 Å². The van der Waals surface area contributed by atoms with E-state index in [1.165, 1.54) is 29.5 Å². The van der Waals surface area contributed by atoms with Gasteiger partial charge in [0.25, 0.3) is 0 Å². The van der Waals surface area contributed by atoms with Crippen LogP contribution in [0.1, 0.15) is 55.1 Å². The molecule has 1 fully saturated rings. The smallest absolute Gasteiger partial charge is 0.181 e. The highest BCUT2D eigenvalue weighted by Crippen LogP contribution is 2.42. The molecule has 0 saturated heterocycles. The monoisotopic (exact) mass is 375 g/mol. The Morgan fingerprint density at radius 3 is 2.46 bits per heavy atom. The highest BCUT2D eigenvalue weighted by molar-refractivity contribution is 5.53. The summed E-state index contributed by atoms with van der Waals surface area (Å²) in [6.07, 6.45) is 4.37. The Labute approximate surface area is 167 Å². The van der Waals surface area contributed by atoms with Crippen LogP contribution in [-0.4, -0.2) is 20.2 Å². The number of hydrogen-bond donors (Lipinski definition) is 1. The van der Waals surface area contributed by atoms with Crippen molar-refractivity contribution < 1.29 is 0 Å². The van der Waals surface area contributed by atoms with Crippen LogP contribution >= 0.6 is 0 Å². The first-order chi connectivity index (χ1) is 13.5. The van der Waals surface area contributed by atoms with Crippen molar-refractivity contribution in [1.82, 2.24) is 20.2 Å². The van der Waals surface area contributed by atoms with E-state index < -0.39 is 0 Å². The molecule has 146 valence electrons. The largest absolute Gasteiger partial charge is 0.372 e. The summed E-state index contributed by atoms with van der Waals surface area (Å²) in [6, 6.07) is 14.9. The fraction of sp³-hybridized carbons (Fsp3) is 0.435. The Kier molecular flexibility index (Phi) is 4.92. The lowest BCUT2D eigenvalue weighted by Crippen LogP contribution is -2.41. The minimum atomic E-state index is -0.264. The standard InChI is InChI=1S/C23H29N5/c1-16-11-13-23(14-12-16,24-20-8-6-5-7-18(20)3)22-25-26-27-28(22)21-10-9-17(2)15-19(21)4/h5-10,15-16,24H,11-14H2,1-4H3. The Balaban J connectivity index is 1.80. The average Bonchev–Trinajstić information content (AvgIpc) is 3.16. The van der Waals surface area contributed by atoms with E-state index >= 15 is 0 Å². The van der Waals surface area contributed by atoms with Crippen LogP contribution in [0.4, 0.5) is 5.69 Å². The van der Waals surface area contributed by atoms with Gasteiger partial charge in [-0.3, -0.25) is 0 Å². The second-order valence-electron chi connectivity index (χ2n) is 8.41. The minimum absolute atomic E-state index is 0.264. The number of para-hydroxylation sites is 1. The number of nitrogens with one attached hydrogen (secondary N) is 1. The number of hydrogen-bond acceptors (Lipinski definition) is 4. The van der Waals surface area contributed by atoms with E-state index in [4.69, 9.17) is 0 Å². The van der Waals surface area contributed by atoms with E-state index in [2.05, 4.69) is 91.0 Å². The zero-order valence-corrected chi connectivity index (χ0v) is 17.2. The molecule has 1 aliphatic rings. The topological polar surface area (TPSA) is 55.6 Å². The van der Waals surface area contributed by atoms with Crippen molar-refractivity contribution in [3.05, 3.63) is 65.0 Å². The second-order valence-corrected chi connectivity index (χ2v) is 8.41. The van der Waals surface area contributed by atoms with E-state index in [1.807, 2.05) is 4.68 Å². The molecule has 2 aromatic carbocycles. The molecule has 5 heteroatoms. The number of nitrogens with zero attached hydrogens (tertiary/aromatic N) is 4. The van der Waals surface area contributed by atoms with Gasteiger partial charge >= 0.3 is 0 Å². The quantitative estimate of drug-likeness (QED) is 0.689. The predicted molar refractivity (Wildman–Crippen MR) is 113 cm³/mol. The number of benzene rings is 2. The van der Waals surface area contributed by atoms with E-state index in [9.17, 15) is 0 Å². The van der Waals surface area contributed by atoms with Crippen molar-refractivity contribution in [1.29, 1.82) is 0 Å². The fourth-order valence-corrected chi connectivity index (χ4v) is 4.32. The van der Waals surface area contributed by atoms with Crippen molar-refractivity contribution in [2.24, 2.45) is 5.92 Å². The Hall–Kier alpha value is -2.69. The maximum atomic E-state index is 4.54. The average molecular weight is 376 g/mol. The van der Waals surface area contributed by atoms with Crippen LogP contribution in [0.3, 0.4) is 0 Å². The molecule has 0 spiro atoms. The van der Waals surface area contributed by atoms with Crippen LogP contribution in [-0.2, 0) is 5.54 Å². The van der Waals surface area contributed by atoms with E-state index in [0.29, 0.717) is 0 Å². The van der Waals surface area contributed by atoms with Gasteiger partial charge in [-0.05, 0) is 86.1 Å². The van der Waals surface area contributed by atoms with Gasteiger partial charge in [-0.15, -0.1) is 5.10 Å². The zero-order valence-electron chi connectivity index (χ0n) is 17.2. The number of aromatic nitrogens is 4. The fourth-order valence-electron chi connectivity index (χ4n) is 4.32. The Morgan fingerprint density at radius 1 is 1.00 bits per heavy atom. The molecule has 5 nitrogen and oxygen atoms in total. The van der Waals surface area contributed by atoms with Gasteiger partial charge in [-0.25, -0.2) is 0 Å². The lowest BCUT2D eigenvalue weighted by molar-refractivity contribution is 0.255. The maximum Gasteiger partial charge on any atom is 0.181 e. The van der Waals surface area contributed by atoms with Crippen molar-refractivity contribution in [3.63, 3.8) is 0 Å². The Bertz CT molecular complexity index is 967. The van der Waals surface area contributed by atoms with Gasteiger partial charge < -0.3 is 5.32 Å². The first-order valence-corrected chi connectivity index (χ1v) is 10.2. The molecule has 1 heterocycles. The number of anilines is 1. The van der Waals surface area contributed by atoms with Crippen molar-refractivity contribution in [3.8, 4) is 5.69 Å². The molecule has 4 rings (SSSR count). The lowest BCUT2D eigenvalue weighted by atomic mass is 9.76. The van der Waals surface area contributed by atoms with E-state index in [0.717, 1.165) is 36.0 Å². The molecule has 28 heavy (non-hydrogen) atoms. The molecule has 1 aliphatic carbocycles. The summed E-state index contributed by atoms with van der Waals surface area (Å²) in [7, 11) is 0. The summed E-state index contributed by atoms with van der Waals surface area (Å²) >= 11 is 0. The second kappa shape index (κ2) is 7.38. The molecule has 0 bridgehead atoms. The molecule has 0 aliphatic heterocycles. The van der Waals surface area contributed by atoms with Crippen molar-refractivity contribution in [2.45, 2.75) is 58.9 Å². The molecule has 0 unspecified atom stereocenters. The summed E-state index contributed by atoms with van der Waals surface area (Å²) < 4.78 is 1.94. The normalized spacial score (nSPS) is 22.2. The number of aryl methyl sites for hydroxylation is 3. The summed E-state index contributed by atoms with van der Waals surface area (Å²) in [6.45, 7) is 8.72. The molecule has 1 N–H and O–H groups in total. The molecule has 1 saturated carbocycles. The summed E-state index contributed by atoms with van der Waals surface area (Å²) in [5.41, 5.74) is 5.62. The summed E-state index contributed by atoms with van der Waals surface area (Å²) in [4.78, 5) is 0. The van der Waals surface area contributed by atoms with Gasteiger partial charge in [0.05, 0.1) is 11.2 Å². The SMILES string of the molecule is Cc1ccc(-n2nnnc2C2(Nc3ccccc3C)CCC(C)CC2)c(C)c1. The van der Waals surface area contributed by atoms with Crippen molar-refractivity contribution >= 4 is 5.69 Å². The Morgan fingerprint density at radius 2 is 1.75 bits per heavy atom. The number of rotatable bonds is 4. The predicted octanol–water partition coefficient (Wildman–Crippen LogP) is 5.11. The van der Waals surface area contributed by atoms with Gasteiger partial charge in [-0.2, -0.15) is 4.68 Å². The van der Waals surface area contributed by atoms with Gasteiger partial charge in [0.15, 0.2) is 5.82 Å². The highest BCUT2D eigenvalue weighted by Gasteiger charge is 2.41. The molecule has 0 radical (unpaired) electrons.